The minimum absolute atomic E-state index is 0.0596. The molecule has 2 heterocycles. The molecule has 1 aromatic carbocycles. The molecular formula is C29H34ClN3O7S. The molecule has 12 heteroatoms. The number of carbonyl (C=O) groups excluding carboxylic acids is 3. The Kier molecular flexibility index (Phi) is 7.57. The highest BCUT2D eigenvalue weighted by Crippen LogP contribution is 2.57. The van der Waals surface area contributed by atoms with Gasteiger partial charge >= 0.3 is 6.09 Å². The van der Waals surface area contributed by atoms with Crippen LogP contribution in [0.3, 0.4) is 0 Å². The van der Waals surface area contributed by atoms with Crippen LogP contribution < -0.4 is 9.46 Å². The van der Waals surface area contributed by atoms with Crippen molar-refractivity contribution in [3.8, 4) is 5.88 Å². The molecule has 3 fully saturated rings. The van der Waals surface area contributed by atoms with Crippen molar-refractivity contribution in [3.05, 3.63) is 48.1 Å². The Bertz CT molecular complexity index is 1520. The molecule has 2 unspecified atom stereocenters. The predicted octanol–water partition coefficient (Wildman–Crippen LogP) is 4.40. The molecule has 1 aromatic heterocycles. The number of ketones is 1. The first kappa shape index (κ1) is 29.3. The van der Waals surface area contributed by atoms with E-state index in [0.29, 0.717) is 35.6 Å². The van der Waals surface area contributed by atoms with Gasteiger partial charge < -0.3 is 9.47 Å². The number of benzene rings is 1. The van der Waals surface area contributed by atoms with Gasteiger partial charge in [-0.3, -0.25) is 19.2 Å². The number of allylic oxidation sites excluding steroid dienone is 1. The molecule has 2 amide bonds. The minimum atomic E-state index is -3.79. The zero-order chi connectivity index (χ0) is 29.7. The van der Waals surface area contributed by atoms with Crippen LogP contribution in [0.15, 0.2) is 43.1 Å². The average molecular weight is 604 g/mol. The lowest BCUT2D eigenvalue weighted by Crippen LogP contribution is -2.46. The van der Waals surface area contributed by atoms with Gasteiger partial charge in [-0.05, 0) is 64.2 Å². The Balaban J connectivity index is 1.38. The smallest absolute Gasteiger partial charge is 0.411 e. The number of amides is 2. The van der Waals surface area contributed by atoms with E-state index in [1.165, 1.54) is 4.90 Å². The lowest BCUT2D eigenvalue weighted by molar-refractivity contribution is -0.131. The zero-order valence-electron chi connectivity index (χ0n) is 23.3. The van der Waals surface area contributed by atoms with Crippen LogP contribution in [0.5, 0.6) is 5.88 Å². The second-order valence-corrected chi connectivity index (χ2v) is 14.5. The highest BCUT2D eigenvalue weighted by Gasteiger charge is 2.61. The molecule has 1 saturated heterocycles. The van der Waals surface area contributed by atoms with E-state index >= 15 is 0 Å². The fraction of sp³-hybridized carbons (Fsp3) is 0.517. The number of aromatic nitrogens is 1. The molecule has 0 spiro atoms. The van der Waals surface area contributed by atoms with E-state index in [1.54, 1.807) is 51.2 Å². The van der Waals surface area contributed by atoms with Crippen LogP contribution in [0.4, 0.5) is 4.79 Å². The molecule has 2 aliphatic carbocycles. The van der Waals surface area contributed by atoms with Crippen LogP contribution >= 0.6 is 11.6 Å². The number of nitrogens with zero attached hydrogens (tertiary/aromatic N) is 2. The van der Waals surface area contributed by atoms with Gasteiger partial charge in [-0.2, -0.15) is 0 Å². The standard InChI is InChI=1S/C29H34ClN3O7S/c1-5-17-14-29(17,26(35)32-41(37,38)19-9-10-19)15-24(34)23-13-18(16-33(23)27(36)40-28(2,3)4)39-25-21-7-6-8-22(30)20(21)11-12-31-25/h5-8,11-12,17-19,23H,1,9-10,13-16H2,2-4H3,(H,32,35)/t17-,18?,23?,29-/m1/s1. The summed E-state index contributed by atoms with van der Waals surface area (Å²) in [5.41, 5.74) is -2.03. The second kappa shape index (κ2) is 10.6. The first-order valence-corrected chi connectivity index (χ1v) is 15.6. The molecule has 3 aliphatic rings. The molecule has 4 atom stereocenters. The van der Waals surface area contributed by atoms with Gasteiger partial charge in [-0.25, -0.2) is 18.2 Å². The number of Topliss-reactive ketones (excluding diaryl/α,β-unsaturated/α-hetero) is 1. The number of sulfonamides is 1. The Morgan fingerprint density at radius 3 is 2.59 bits per heavy atom. The van der Waals surface area contributed by atoms with E-state index in [0.717, 1.165) is 5.39 Å². The quantitative estimate of drug-likeness (QED) is 0.417. The minimum Gasteiger partial charge on any atom is -0.472 e. The van der Waals surface area contributed by atoms with Crippen LogP contribution in [-0.4, -0.2) is 65.6 Å². The summed E-state index contributed by atoms with van der Waals surface area (Å²) in [7, 11) is -3.79. The number of nitrogens with one attached hydrogen (secondary N) is 1. The number of pyridine rings is 1. The molecular weight excluding hydrogens is 570 g/mol. The van der Waals surface area contributed by atoms with Crippen molar-refractivity contribution in [1.29, 1.82) is 0 Å². The Labute approximate surface area is 244 Å². The van der Waals surface area contributed by atoms with Gasteiger partial charge in [0, 0.05) is 34.8 Å². The fourth-order valence-corrected chi connectivity index (χ4v) is 7.03. The maximum absolute atomic E-state index is 13.8. The van der Waals surface area contributed by atoms with Crippen LogP contribution in [0.1, 0.15) is 52.9 Å². The molecule has 1 aliphatic heterocycles. The third kappa shape index (κ3) is 6.06. The number of halogens is 1. The van der Waals surface area contributed by atoms with Crippen molar-refractivity contribution in [1.82, 2.24) is 14.6 Å². The summed E-state index contributed by atoms with van der Waals surface area (Å²) < 4.78 is 39.0. The highest BCUT2D eigenvalue weighted by atomic mass is 35.5. The van der Waals surface area contributed by atoms with Gasteiger partial charge in [-0.1, -0.05) is 23.7 Å². The number of carbonyl (C=O) groups is 3. The summed E-state index contributed by atoms with van der Waals surface area (Å²) in [6.07, 6.45) is 3.09. The zero-order valence-corrected chi connectivity index (χ0v) is 24.8. The topological polar surface area (TPSA) is 132 Å². The first-order valence-electron chi connectivity index (χ1n) is 13.6. The second-order valence-electron chi connectivity index (χ2n) is 12.1. The Morgan fingerprint density at radius 1 is 1.22 bits per heavy atom. The monoisotopic (exact) mass is 603 g/mol. The van der Waals surface area contributed by atoms with Gasteiger partial charge in [-0.15, -0.1) is 6.58 Å². The SMILES string of the molecule is C=C[C@@H]1C[C@]1(CC(=O)C1CC(Oc2nccc3c(Cl)cccc23)CN1C(=O)OC(C)(C)C)C(=O)NS(=O)(=O)C1CC1. The van der Waals surface area contributed by atoms with Crippen LogP contribution in [-0.2, 0) is 24.3 Å². The lowest BCUT2D eigenvalue weighted by atomic mass is 9.91. The molecule has 0 bridgehead atoms. The van der Waals surface area contributed by atoms with E-state index in [9.17, 15) is 22.8 Å². The van der Waals surface area contributed by atoms with Gasteiger partial charge in [0.15, 0.2) is 5.78 Å². The highest BCUT2D eigenvalue weighted by molar-refractivity contribution is 7.90. The summed E-state index contributed by atoms with van der Waals surface area (Å²) in [5, 5.41) is 1.41. The molecule has 2 saturated carbocycles. The van der Waals surface area contributed by atoms with Crippen molar-refractivity contribution in [2.24, 2.45) is 11.3 Å². The van der Waals surface area contributed by atoms with Gasteiger partial charge in [0.1, 0.15) is 11.7 Å². The summed E-state index contributed by atoms with van der Waals surface area (Å²) >= 11 is 6.34. The number of ether oxygens (including phenoxy) is 2. The normalized spacial score (nSPS) is 26.0. The first-order chi connectivity index (χ1) is 19.2. The Hall–Kier alpha value is -3.18. The van der Waals surface area contributed by atoms with Gasteiger partial charge in [0.05, 0.1) is 23.3 Å². The van der Waals surface area contributed by atoms with Crippen molar-refractivity contribution in [3.63, 3.8) is 0 Å². The Morgan fingerprint density at radius 2 is 1.95 bits per heavy atom. The number of hydrogen-bond acceptors (Lipinski definition) is 8. The van der Waals surface area contributed by atoms with Crippen molar-refractivity contribution >= 4 is 50.2 Å². The number of rotatable bonds is 9. The van der Waals surface area contributed by atoms with Crippen molar-refractivity contribution in [2.75, 3.05) is 6.54 Å². The van der Waals surface area contributed by atoms with E-state index in [2.05, 4.69) is 16.3 Å². The molecule has 41 heavy (non-hydrogen) atoms. The van der Waals surface area contributed by atoms with Crippen LogP contribution in [0.25, 0.3) is 10.8 Å². The van der Waals surface area contributed by atoms with Gasteiger partial charge in [0.2, 0.25) is 21.8 Å². The van der Waals surface area contributed by atoms with E-state index in [-0.39, 0.29) is 31.1 Å². The van der Waals surface area contributed by atoms with E-state index < -0.39 is 50.4 Å². The molecule has 10 nitrogen and oxygen atoms in total. The average Bonchev–Trinajstić information content (AvgIpc) is 3.80. The maximum Gasteiger partial charge on any atom is 0.411 e. The van der Waals surface area contributed by atoms with Crippen LogP contribution in [0.2, 0.25) is 5.02 Å². The molecule has 220 valence electrons. The summed E-state index contributed by atoms with van der Waals surface area (Å²) in [6.45, 7) is 9.01. The number of likely N-dealkylation sites (tertiary alicyclic amines) is 1. The van der Waals surface area contributed by atoms with E-state index in [4.69, 9.17) is 21.1 Å². The molecule has 1 N–H and O–H groups in total. The third-order valence-corrected chi connectivity index (χ3v) is 9.96. The molecule has 2 aromatic rings. The summed E-state index contributed by atoms with van der Waals surface area (Å²) in [5.74, 6) is -1.11. The summed E-state index contributed by atoms with van der Waals surface area (Å²) in [4.78, 5) is 45.9. The van der Waals surface area contributed by atoms with Crippen LogP contribution in [0, 0.1) is 11.3 Å². The van der Waals surface area contributed by atoms with Crippen molar-refractivity contribution in [2.45, 2.75) is 75.9 Å². The maximum atomic E-state index is 13.8. The largest absolute Gasteiger partial charge is 0.472 e. The fourth-order valence-electron chi connectivity index (χ4n) is 5.41. The van der Waals surface area contributed by atoms with E-state index in [1.807, 2.05) is 6.07 Å². The van der Waals surface area contributed by atoms with Crippen molar-refractivity contribution < 1.29 is 32.3 Å². The summed E-state index contributed by atoms with van der Waals surface area (Å²) in [6, 6.07) is 6.21. The predicted molar refractivity (Wildman–Crippen MR) is 153 cm³/mol. The van der Waals surface area contributed by atoms with Gasteiger partial charge in [0.25, 0.3) is 0 Å². The number of fused-ring (bicyclic) bond motifs is 1. The number of hydrogen-bond donors (Lipinski definition) is 1. The molecule has 5 rings (SSSR count). The molecule has 0 radical (unpaired) electrons. The third-order valence-electron chi connectivity index (χ3n) is 7.82. The lowest BCUT2D eigenvalue weighted by Gasteiger charge is -2.28.